The van der Waals surface area contributed by atoms with Gasteiger partial charge in [0.1, 0.15) is 5.75 Å². The summed E-state index contributed by atoms with van der Waals surface area (Å²) in [6, 6.07) is 26.7. The smallest absolute Gasteiger partial charge is 0.271 e. The van der Waals surface area contributed by atoms with E-state index in [-0.39, 0.29) is 18.4 Å². The molecule has 46 heavy (non-hydrogen) atoms. The molecule has 0 aliphatic carbocycles. The highest BCUT2D eigenvalue weighted by molar-refractivity contribution is 7.14. The molecule has 2 amide bonds. The molecular formula is C34H30ClN5O5S. The van der Waals surface area contributed by atoms with Crippen LogP contribution in [0.15, 0.2) is 101 Å². The van der Waals surface area contributed by atoms with Crippen LogP contribution in [-0.4, -0.2) is 43.3 Å². The van der Waals surface area contributed by atoms with Crippen molar-refractivity contribution in [1.82, 2.24) is 10.4 Å². The highest BCUT2D eigenvalue weighted by Crippen LogP contribution is 2.30. The van der Waals surface area contributed by atoms with Gasteiger partial charge in [-0.1, -0.05) is 35.9 Å². The van der Waals surface area contributed by atoms with Gasteiger partial charge in [-0.3, -0.25) is 9.59 Å². The van der Waals surface area contributed by atoms with E-state index in [4.69, 9.17) is 25.8 Å². The van der Waals surface area contributed by atoms with Crippen LogP contribution in [0.2, 0.25) is 5.02 Å². The molecule has 1 aromatic heterocycles. The molecule has 4 aromatic carbocycles. The highest BCUT2D eigenvalue weighted by Gasteiger charge is 2.12. The van der Waals surface area contributed by atoms with Gasteiger partial charge in [0.05, 0.1) is 31.3 Å². The number of thiazole rings is 1. The number of nitrogens with one attached hydrogen (secondary N) is 3. The minimum absolute atomic E-state index is 0.232. The lowest BCUT2D eigenvalue weighted by Crippen LogP contribution is -2.20. The quantitative estimate of drug-likeness (QED) is 0.0892. The average Bonchev–Trinajstić information content (AvgIpc) is 3.54. The van der Waals surface area contributed by atoms with E-state index >= 15 is 0 Å². The highest BCUT2D eigenvalue weighted by atomic mass is 35.5. The van der Waals surface area contributed by atoms with E-state index in [0.29, 0.717) is 45.7 Å². The van der Waals surface area contributed by atoms with E-state index in [9.17, 15) is 9.59 Å². The zero-order valence-corrected chi connectivity index (χ0v) is 26.5. The Morgan fingerprint density at radius 1 is 0.935 bits per heavy atom. The van der Waals surface area contributed by atoms with Crippen molar-refractivity contribution in [3.63, 3.8) is 0 Å². The molecule has 3 N–H and O–H groups in total. The Morgan fingerprint density at radius 3 is 2.48 bits per heavy atom. The minimum atomic E-state index is -0.364. The van der Waals surface area contributed by atoms with Gasteiger partial charge >= 0.3 is 0 Å². The molecule has 0 atom stereocenters. The summed E-state index contributed by atoms with van der Waals surface area (Å²) in [5, 5.41) is 13.5. The van der Waals surface area contributed by atoms with Gasteiger partial charge < -0.3 is 24.8 Å². The van der Waals surface area contributed by atoms with E-state index in [2.05, 4.69) is 26.1 Å². The normalized spacial score (nSPS) is 10.8. The number of hydrogen-bond acceptors (Lipinski definition) is 9. The average molecular weight is 656 g/mol. The van der Waals surface area contributed by atoms with Crippen LogP contribution in [0.3, 0.4) is 0 Å². The number of hydrogen-bond donors (Lipinski definition) is 3. The number of ether oxygens (including phenoxy) is 3. The first-order valence-corrected chi connectivity index (χ1v) is 15.4. The SMILES string of the molecule is CCOc1cc(/C=N\NC(=O)c2ccc(-c3csc(Nc4ccc(Cl)cc4)n3)cc2)ccc1OCC(=O)Nc1ccccc1OC. The number of carbonyl (C=O) groups excluding carboxylic acids is 2. The second kappa shape index (κ2) is 15.6. The summed E-state index contributed by atoms with van der Waals surface area (Å²) < 4.78 is 16.7. The number of hydrazone groups is 1. The van der Waals surface area contributed by atoms with Crippen LogP contribution in [0.4, 0.5) is 16.5 Å². The third kappa shape index (κ3) is 8.62. The number of amides is 2. The zero-order chi connectivity index (χ0) is 32.3. The summed E-state index contributed by atoms with van der Waals surface area (Å²) in [4.78, 5) is 29.8. The van der Waals surface area contributed by atoms with Crippen LogP contribution in [0.5, 0.6) is 17.2 Å². The summed E-state index contributed by atoms with van der Waals surface area (Å²) in [6.07, 6.45) is 1.50. The minimum Gasteiger partial charge on any atom is -0.495 e. The number of aromatic nitrogens is 1. The fourth-order valence-corrected chi connectivity index (χ4v) is 5.08. The molecule has 1 heterocycles. The lowest BCUT2D eigenvalue weighted by Gasteiger charge is -2.13. The lowest BCUT2D eigenvalue weighted by molar-refractivity contribution is -0.118. The van der Waals surface area contributed by atoms with Crippen LogP contribution in [-0.2, 0) is 4.79 Å². The van der Waals surface area contributed by atoms with Gasteiger partial charge in [0, 0.05) is 27.2 Å². The Kier molecular flexibility index (Phi) is 10.8. The first-order chi connectivity index (χ1) is 22.4. The molecule has 10 nitrogen and oxygen atoms in total. The number of para-hydroxylation sites is 2. The monoisotopic (exact) mass is 655 g/mol. The van der Waals surface area contributed by atoms with Gasteiger partial charge in [-0.25, -0.2) is 10.4 Å². The summed E-state index contributed by atoms with van der Waals surface area (Å²) in [5.74, 6) is 0.665. The number of benzene rings is 4. The summed E-state index contributed by atoms with van der Waals surface area (Å²) in [5.41, 5.74) is 6.76. The van der Waals surface area contributed by atoms with Gasteiger partial charge in [-0.15, -0.1) is 11.3 Å². The molecule has 0 saturated heterocycles. The van der Waals surface area contributed by atoms with Crippen LogP contribution >= 0.6 is 22.9 Å². The van der Waals surface area contributed by atoms with E-state index in [1.54, 1.807) is 48.5 Å². The summed E-state index contributed by atoms with van der Waals surface area (Å²) >= 11 is 7.44. The van der Waals surface area contributed by atoms with E-state index in [1.807, 2.05) is 54.8 Å². The van der Waals surface area contributed by atoms with Gasteiger partial charge in [-0.2, -0.15) is 5.10 Å². The van der Waals surface area contributed by atoms with Crippen molar-refractivity contribution in [2.75, 3.05) is 31.0 Å². The molecule has 234 valence electrons. The standard InChI is InChI=1S/C34H30ClN5O5S/c1-3-44-31-18-22(8-17-30(31)45-20-32(41)38-27-6-4-5-7-29(27)43-2)19-36-40-33(42)24-11-9-23(10-12-24)28-21-46-34(39-28)37-26-15-13-25(35)14-16-26/h4-19,21H,3,20H2,1-2H3,(H,37,39)(H,38,41)(H,40,42)/b36-19-. The predicted octanol–water partition coefficient (Wildman–Crippen LogP) is 7.40. The molecule has 5 aromatic rings. The van der Waals surface area contributed by atoms with Crippen molar-refractivity contribution >= 4 is 57.5 Å². The van der Waals surface area contributed by atoms with E-state index in [0.717, 1.165) is 22.1 Å². The molecule has 0 aliphatic heterocycles. The van der Waals surface area contributed by atoms with Crippen molar-refractivity contribution < 1.29 is 23.8 Å². The van der Waals surface area contributed by atoms with Gasteiger partial charge in [0.25, 0.3) is 11.8 Å². The second-order valence-electron chi connectivity index (χ2n) is 9.62. The number of nitrogens with zero attached hydrogens (tertiary/aromatic N) is 2. The maximum Gasteiger partial charge on any atom is 0.271 e. The molecule has 0 unspecified atom stereocenters. The Hall–Kier alpha value is -5.39. The number of halogens is 1. The molecule has 0 bridgehead atoms. The van der Waals surface area contributed by atoms with Crippen molar-refractivity contribution in [3.8, 4) is 28.5 Å². The van der Waals surface area contributed by atoms with Crippen molar-refractivity contribution in [2.45, 2.75) is 6.92 Å². The molecule has 0 spiro atoms. The molecule has 5 rings (SSSR count). The topological polar surface area (TPSA) is 123 Å². The number of methoxy groups -OCH3 is 1. The first-order valence-electron chi connectivity index (χ1n) is 14.2. The molecule has 12 heteroatoms. The van der Waals surface area contributed by atoms with Crippen LogP contribution < -0.4 is 30.3 Å². The van der Waals surface area contributed by atoms with E-state index in [1.165, 1.54) is 24.7 Å². The molecule has 0 fully saturated rings. The molecular weight excluding hydrogens is 626 g/mol. The van der Waals surface area contributed by atoms with Crippen molar-refractivity contribution in [1.29, 1.82) is 0 Å². The lowest BCUT2D eigenvalue weighted by atomic mass is 10.1. The Balaban J connectivity index is 1.15. The summed E-state index contributed by atoms with van der Waals surface area (Å²) in [7, 11) is 1.53. The van der Waals surface area contributed by atoms with E-state index < -0.39 is 0 Å². The summed E-state index contributed by atoms with van der Waals surface area (Å²) in [6.45, 7) is 2.00. The molecule has 0 aliphatic rings. The molecule has 0 saturated carbocycles. The third-order valence-corrected chi connectivity index (χ3v) is 7.44. The van der Waals surface area contributed by atoms with Gasteiger partial charge in [0.2, 0.25) is 0 Å². The van der Waals surface area contributed by atoms with Crippen LogP contribution in [0, 0.1) is 0 Å². The second-order valence-corrected chi connectivity index (χ2v) is 10.9. The van der Waals surface area contributed by atoms with Gasteiger partial charge in [-0.05, 0) is 79.2 Å². The maximum absolute atomic E-state index is 12.7. The van der Waals surface area contributed by atoms with Crippen LogP contribution in [0.1, 0.15) is 22.8 Å². The maximum atomic E-state index is 12.7. The zero-order valence-electron chi connectivity index (χ0n) is 25.0. The third-order valence-electron chi connectivity index (χ3n) is 6.43. The number of rotatable bonds is 13. The van der Waals surface area contributed by atoms with Crippen LogP contribution in [0.25, 0.3) is 11.3 Å². The van der Waals surface area contributed by atoms with Gasteiger partial charge in [0.15, 0.2) is 23.2 Å². The Morgan fingerprint density at radius 2 is 1.72 bits per heavy atom. The molecule has 0 radical (unpaired) electrons. The fraction of sp³-hybridized carbons (Fsp3) is 0.118. The predicted molar refractivity (Wildman–Crippen MR) is 182 cm³/mol. The fourth-order valence-electron chi connectivity index (χ4n) is 4.21. The Labute approximate surface area is 275 Å². The van der Waals surface area contributed by atoms with Crippen molar-refractivity contribution in [3.05, 3.63) is 113 Å². The Bertz CT molecular complexity index is 1830. The number of carbonyl (C=O) groups is 2. The first kappa shape index (κ1) is 32.0. The van der Waals surface area contributed by atoms with Crippen molar-refractivity contribution in [2.24, 2.45) is 5.10 Å². The largest absolute Gasteiger partial charge is 0.495 e. The number of anilines is 3.